The third-order valence-electron chi connectivity index (χ3n) is 2.98. The number of rotatable bonds is 4. The molecule has 0 atom stereocenters. The molecule has 0 aromatic heterocycles. The summed E-state index contributed by atoms with van der Waals surface area (Å²) >= 11 is 0. The number of Topliss-reactive ketones (excluding diaryl/α,β-unsaturated/α-hetero) is 1. The molecular weight excluding hydrogens is 250 g/mol. The predicted molar refractivity (Wildman–Crippen MR) is 80.1 cm³/mol. The molecule has 2 aromatic rings. The highest BCUT2D eigenvalue weighted by atomic mass is 16.1. The van der Waals surface area contributed by atoms with Gasteiger partial charge in [0.2, 0.25) is 5.91 Å². The van der Waals surface area contributed by atoms with Gasteiger partial charge in [-0.2, -0.15) is 0 Å². The van der Waals surface area contributed by atoms with E-state index in [1.807, 2.05) is 48.5 Å². The highest BCUT2D eigenvalue weighted by Crippen LogP contribution is 2.21. The lowest BCUT2D eigenvalue weighted by Gasteiger charge is -2.03. The summed E-state index contributed by atoms with van der Waals surface area (Å²) in [5, 5.41) is 0. The molecule has 0 saturated heterocycles. The maximum atomic E-state index is 11.2. The molecule has 0 spiro atoms. The van der Waals surface area contributed by atoms with Crippen molar-refractivity contribution in [3.05, 3.63) is 65.7 Å². The highest BCUT2D eigenvalue weighted by molar-refractivity contribution is 5.94. The van der Waals surface area contributed by atoms with Gasteiger partial charge in [0.1, 0.15) is 0 Å². The first-order valence-electron chi connectivity index (χ1n) is 6.25. The number of primary amides is 1. The fraction of sp³-hybridized carbons (Fsp3) is 0.0588. The van der Waals surface area contributed by atoms with Crippen molar-refractivity contribution in [1.29, 1.82) is 0 Å². The lowest BCUT2D eigenvalue weighted by atomic mass is 10.0. The molecule has 0 unspecified atom stereocenters. The van der Waals surface area contributed by atoms with Crippen LogP contribution in [-0.2, 0) is 4.79 Å². The first-order chi connectivity index (χ1) is 9.56. The van der Waals surface area contributed by atoms with Crippen molar-refractivity contribution >= 4 is 17.8 Å². The van der Waals surface area contributed by atoms with Crippen molar-refractivity contribution in [2.24, 2.45) is 5.73 Å². The minimum atomic E-state index is -0.464. The molecule has 0 saturated carbocycles. The number of hydrogen-bond donors (Lipinski definition) is 1. The van der Waals surface area contributed by atoms with Gasteiger partial charge in [0.05, 0.1) is 0 Å². The second kappa shape index (κ2) is 5.97. The topological polar surface area (TPSA) is 60.2 Å². The summed E-state index contributed by atoms with van der Waals surface area (Å²) in [7, 11) is 0. The molecule has 2 aromatic carbocycles. The number of carbonyl (C=O) groups is 2. The van der Waals surface area contributed by atoms with E-state index in [0.29, 0.717) is 5.56 Å². The second-order valence-electron chi connectivity index (χ2n) is 4.49. The van der Waals surface area contributed by atoms with E-state index in [1.165, 1.54) is 6.08 Å². The van der Waals surface area contributed by atoms with Gasteiger partial charge in [-0.3, -0.25) is 9.59 Å². The van der Waals surface area contributed by atoms with Crippen LogP contribution in [0.15, 0.2) is 54.6 Å². The summed E-state index contributed by atoms with van der Waals surface area (Å²) in [6, 6.07) is 15.2. The number of amides is 1. The van der Waals surface area contributed by atoms with Crippen LogP contribution in [0.5, 0.6) is 0 Å². The summed E-state index contributed by atoms with van der Waals surface area (Å²) in [4.78, 5) is 21.9. The van der Waals surface area contributed by atoms with Crippen molar-refractivity contribution in [3.63, 3.8) is 0 Å². The molecule has 1 amide bonds. The third-order valence-corrected chi connectivity index (χ3v) is 2.98. The third kappa shape index (κ3) is 3.42. The van der Waals surface area contributed by atoms with Crippen LogP contribution in [0.1, 0.15) is 22.8 Å². The summed E-state index contributed by atoms with van der Waals surface area (Å²) in [6.45, 7) is 1.55. The van der Waals surface area contributed by atoms with Crippen LogP contribution < -0.4 is 5.73 Å². The molecule has 2 rings (SSSR count). The molecule has 3 nitrogen and oxygen atoms in total. The minimum Gasteiger partial charge on any atom is -0.366 e. The van der Waals surface area contributed by atoms with Gasteiger partial charge in [0, 0.05) is 11.6 Å². The Labute approximate surface area is 117 Å². The van der Waals surface area contributed by atoms with E-state index >= 15 is 0 Å². The van der Waals surface area contributed by atoms with Crippen LogP contribution in [0.25, 0.3) is 17.2 Å². The molecule has 100 valence electrons. The molecule has 20 heavy (non-hydrogen) atoms. The second-order valence-corrected chi connectivity index (χ2v) is 4.49. The Hall–Kier alpha value is -2.68. The van der Waals surface area contributed by atoms with Crippen LogP contribution >= 0.6 is 0 Å². The molecule has 0 heterocycles. The maximum absolute atomic E-state index is 11.2. The molecule has 0 bridgehead atoms. The standard InChI is InChI=1S/C17H15NO2/c1-12(19)14-7-9-16(10-8-14)15-5-2-13(3-6-15)4-11-17(18)20/h2-11H,1H3,(H2,18,20)/b11-4-. The Morgan fingerprint density at radius 1 is 0.900 bits per heavy atom. The van der Waals surface area contributed by atoms with E-state index in [-0.39, 0.29) is 5.78 Å². The average Bonchev–Trinajstić information content (AvgIpc) is 2.46. The number of ketones is 1. The van der Waals surface area contributed by atoms with E-state index < -0.39 is 5.91 Å². The molecule has 0 aliphatic rings. The van der Waals surface area contributed by atoms with Gasteiger partial charge >= 0.3 is 0 Å². The molecule has 3 heteroatoms. The zero-order chi connectivity index (χ0) is 14.5. The van der Waals surface area contributed by atoms with E-state index in [4.69, 9.17) is 5.73 Å². The van der Waals surface area contributed by atoms with Crippen LogP contribution in [0, 0.1) is 0 Å². The highest BCUT2D eigenvalue weighted by Gasteiger charge is 2.01. The van der Waals surface area contributed by atoms with Crippen molar-refractivity contribution < 1.29 is 9.59 Å². The van der Waals surface area contributed by atoms with Gasteiger partial charge in [-0.05, 0) is 29.7 Å². The van der Waals surface area contributed by atoms with Gasteiger partial charge < -0.3 is 5.73 Å². The van der Waals surface area contributed by atoms with Gasteiger partial charge in [-0.25, -0.2) is 0 Å². The van der Waals surface area contributed by atoms with Crippen LogP contribution in [0.2, 0.25) is 0 Å². The smallest absolute Gasteiger partial charge is 0.241 e. The number of nitrogens with two attached hydrogens (primary N) is 1. The van der Waals surface area contributed by atoms with Gasteiger partial charge in [-0.1, -0.05) is 48.5 Å². The fourth-order valence-electron chi connectivity index (χ4n) is 1.86. The zero-order valence-electron chi connectivity index (χ0n) is 11.2. The summed E-state index contributed by atoms with van der Waals surface area (Å²) < 4.78 is 0. The Morgan fingerprint density at radius 2 is 1.40 bits per heavy atom. The van der Waals surface area contributed by atoms with E-state index in [0.717, 1.165) is 16.7 Å². The quantitative estimate of drug-likeness (QED) is 0.682. The van der Waals surface area contributed by atoms with E-state index in [2.05, 4.69) is 0 Å². The van der Waals surface area contributed by atoms with Crippen molar-refractivity contribution in [2.45, 2.75) is 6.92 Å². The maximum Gasteiger partial charge on any atom is 0.241 e. The Morgan fingerprint density at radius 3 is 1.85 bits per heavy atom. The molecule has 0 aliphatic heterocycles. The zero-order valence-corrected chi connectivity index (χ0v) is 11.2. The monoisotopic (exact) mass is 265 g/mol. The van der Waals surface area contributed by atoms with Gasteiger partial charge in [0.25, 0.3) is 0 Å². The first kappa shape index (κ1) is 13.7. The molecular formula is C17H15NO2. The Bertz CT molecular complexity index is 652. The van der Waals surface area contributed by atoms with Crippen LogP contribution in [0.4, 0.5) is 0 Å². The molecule has 0 fully saturated rings. The van der Waals surface area contributed by atoms with Crippen molar-refractivity contribution in [3.8, 4) is 11.1 Å². The largest absolute Gasteiger partial charge is 0.366 e. The van der Waals surface area contributed by atoms with Gasteiger partial charge in [-0.15, -0.1) is 0 Å². The van der Waals surface area contributed by atoms with E-state index in [9.17, 15) is 9.59 Å². The molecule has 0 radical (unpaired) electrons. The van der Waals surface area contributed by atoms with Crippen molar-refractivity contribution in [1.82, 2.24) is 0 Å². The van der Waals surface area contributed by atoms with Gasteiger partial charge in [0.15, 0.2) is 5.78 Å². The Kier molecular flexibility index (Phi) is 4.11. The van der Waals surface area contributed by atoms with Crippen LogP contribution in [0.3, 0.4) is 0 Å². The van der Waals surface area contributed by atoms with Crippen molar-refractivity contribution in [2.75, 3.05) is 0 Å². The minimum absolute atomic E-state index is 0.0588. The number of benzene rings is 2. The lowest BCUT2D eigenvalue weighted by molar-refractivity contribution is -0.113. The van der Waals surface area contributed by atoms with E-state index in [1.54, 1.807) is 13.0 Å². The first-order valence-corrected chi connectivity index (χ1v) is 6.25. The lowest BCUT2D eigenvalue weighted by Crippen LogP contribution is -2.04. The summed E-state index contributed by atoms with van der Waals surface area (Å²) in [5.41, 5.74) is 8.75. The summed E-state index contributed by atoms with van der Waals surface area (Å²) in [5.74, 6) is -0.405. The number of hydrogen-bond acceptors (Lipinski definition) is 2. The normalized spacial score (nSPS) is 10.7. The fourth-order valence-corrected chi connectivity index (χ4v) is 1.86. The molecule has 2 N–H and O–H groups in total. The number of carbonyl (C=O) groups excluding carboxylic acids is 2. The SMILES string of the molecule is CC(=O)c1ccc(-c2ccc(/C=C\C(N)=O)cc2)cc1. The molecule has 0 aliphatic carbocycles. The van der Waals surface area contributed by atoms with Crippen LogP contribution in [-0.4, -0.2) is 11.7 Å². The predicted octanol–water partition coefficient (Wildman–Crippen LogP) is 3.05. The summed E-state index contributed by atoms with van der Waals surface area (Å²) in [6.07, 6.45) is 3.00. The average molecular weight is 265 g/mol. The Balaban J connectivity index is 2.21.